The Morgan fingerprint density at radius 2 is 1.83 bits per heavy atom. The highest BCUT2D eigenvalue weighted by atomic mass is 32.2. The summed E-state index contributed by atoms with van der Waals surface area (Å²) in [7, 11) is 3.23. The van der Waals surface area contributed by atoms with E-state index in [0.29, 0.717) is 49.2 Å². The summed E-state index contributed by atoms with van der Waals surface area (Å²) in [4.78, 5) is 68.3. The van der Waals surface area contributed by atoms with Crippen molar-refractivity contribution >= 4 is 46.0 Å². The van der Waals surface area contributed by atoms with Crippen LogP contribution in [0.25, 0.3) is 33.3 Å². The van der Waals surface area contributed by atoms with E-state index in [1.54, 1.807) is 44.6 Å². The summed E-state index contributed by atoms with van der Waals surface area (Å²) in [5.41, 5.74) is 10.5. The van der Waals surface area contributed by atoms with E-state index >= 15 is 0 Å². The number of ether oxygens (including phenoxy) is 2. The third-order valence-electron chi connectivity index (χ3n) is 14.0. The van der Waals surface area contributed by atoms with Gasteiger partial charge in [0.15, 0.2) is 0 Å². The Kier molecular flexibility index (Phi) is 15.3. The van der Waals surface area contributed by atoms with E-state index < -0.39 is 63.3 Å². The summed E-state index contributed by atoms with van der Waals surface area (Å²) in [5, 5.41) is 16.8. The van der Waals surface area contributed by atoms with Crippen LogP contribution in [-0.2, 0) is 54.6 Å². The highest BCUT2D eigenvalue weighted by Gasteiger charge is 2.50. The van der Waals surface area contributed by atoms with Gasteiger partial charge in [-0.3, -0.25) is 34.2 Å². The minimum absolute atomic E-state index is 0.0166. The zero-order chi connectivity index (χ0) is 52.0. The van der Waals surface area contributed by atoms with Crippen LogP contribution in [-0.4, -0.2) is 119 Å². The van der Waals surface area contributed by atoms with Crippen molar-refractivity contribution in [3.8, 4) is 28.1 Å². The zero-order valence-corrected chi connectivity index (χ0v) is 44.3. The lowest BCUT2D eigenvalue weighted by molar-refractivity contribution is -0.155. The molecule has 2 saturated heterocycles. The Morgan fingerprint density at radius 3 is 2.51 bits per heavy atom. The van der Waals surface area contributed by atoms with Gasteiger partial charge < -0.3 is 33.9 Å². The van der Waals surface area contributed by atoms with Gasteiger partial charge in [-0.2, -0.15) is 0 Å². The lowest BCUT2D eigenvalue weighted by atomic mass is 9.84. The zero-order valence-electron chi connectivity index (χ0n) is 43.4. The number of fused-ring (bicyclic) bond motifs is 6. The number of aromatic nitrogens is 3. The highest BCUT2D eigenvalue weighted by molar-refractivity contribution is 7.90. The average Bonchev–Trinajstić information content (AvgIpc) is 4.10. The molecule has 7 atom stereocenters. The summed E-state index contributed by atoms with van der Waals surface area (Å²) in [6.07, 6.45) is 4.41. The number of aromatic hydroxyl groups is 1. The third kappa shape index (κ3) is 10.9. The number of amides is 3. The first-order valence-corrected chi connectivity index (χ1v) is 26.1. The second-order valence-electron chi connectivity index (χ2n) is 21.6. The van der Waals surface area contributed by atoms with Gasteiger partial charge in [0.25, 0.3) is 11.8 Å². The molecular weight excluding hydrogens is 933 g/mol. The number of hydrogen-bond acceptors (Lipinski definition) is 12. The van der Waals surface area contributed by atoms with Gasteiger partial charge in [-0.05, 0) is 131 Å². The SMILES string of the molecule is CCn1c(-c2cccnc2[C@H](C)OC)c2c3cc(ccc31)-c1cc(O)cc(c1)C[C@H](NC(=O)[C@H](C(C)C)N(C)C(=O)c1ccc([C@@H]3CN3[S@@+]([O-])C(C)(C)C)nc1)C(=O)N1CCC[C@H](N1)C(=O)OCC(C)(C)C2. The number of nitrogens with zero attached hydrogens (tertiary/aromatic N) is 6. The Labute approximate surface area is 426 Å². The molecule has 3 aromatic heterocycles. The first-order valence-electron chi connectivity index (χ1n) is 25.0. The molecule has 3 N–H and O–H groups in total. The number of phenolic OH excluding ortho intramolecular Hbond substituents is 1. The van der Waals surface area contributed by atoms with Gasteiger partial charge in [-0.15, -0.1) is 4.31 Å². The Balaban J connectivity index is 1.15. The predicted molar refractivity (Wildman–Crippen MR) is 278 cm³/mol. The number of hydrogen-bond donors (Lipinski definition) is 3. The molecule has 5 aromatic rings. The molecule has 72 heavy (non-hydrogen) atoms. The van der Waals surface area contributed by atoms with Crippen LogP contribution in [0.3, 0.4) is 0 Å². The molecule has 2 fully saturated rings. The molecule has 2 aromatic carbocycles. The molecule has 384 valence electrons. The maximum atomic E-state index is 14.8. The van der Waals surface area contributed by atoms with Crippen molar-refractivity contribution in [2.75, 3.05) is 33.9 Å². The molecule has 3 aliphatic heterocycles. The number of likely N-dealkylation sites (N-methyl/N-ethyl adjacent to an activating group) is 1. The van der Waals surface area contributed by atoms with Gasteiger partial charge in [0.05, 0.1) is 41.9 Å². The Bertz CT molecular complexity index is 2840. The molecule has 1 unspecified atom stereocenters. The fourth-order valence-corrected chi connectivity index (χ4v) is 11.5. The molecule has 6 bridgehead atoms. The number of esters is 1. The molecule has 3 amide bonds. The number of aryl methyl sites for hydroxylation is 1. The number of carbonyl (C=O) groups is 4. The van der Waals surface area contributed by atoms with E-state index in [-0.39, 0.29) is 48.9 Å². The maximum absolute atomic E-state index is 14.8. The van der Waals surface area contributed by atoms with Crippen LogP contribution in [0.2, 0.25) is 0 Å². The smallest absolute Gasteiger partial charge is 0.324 e. The summed E-state index contributed by atoms with van der Waals surface area (Å²) in [5.74, 6) is -2.35. The second-order valence-corrected chi connectivity index (χ2v) is 23.8. The molecule has 16 nitrogen and oxygen atoms in total. The van der Waals surface area contributed by atoms with Crippen molar-refractivity contribution in [1.82, 2.24) is 39.5 Å². The molecule has 3 aliphatic rings. The van der Waals surface area contributed by atoms with Gasteiger partial charge in [-0.25, -0.2) is 5.43 Å². The first kappa shape index (κ1) is 52.5. The minimum Gasteiger partial charge on any atom is -0.597 e. The van der Waals surface area contributed by atoms with Crippen LogP contribution in [0.15, 0.2) is 73.1 Å². The van der Waals surface area contributed by atoms with Crippen molar-refractivity contribution in [2.45, 2.75) is 130 Å². The Morgan fingerprint density at radius 1 is 1.07 bits per heavy atom. The lowest BCUT2D eigenvalue weighted by Crippen LogP contribution is -2.62. The number of nitrogens with one attached hydrogen (secondary N) is 2. The van der Waals surface area contributed by atoms with Crippen LogP contribution < -0.4 is 10.7 Å². The van der Waals surface area contributed by atoms with Crippen LogP contribution in [0.4, 0.5) is 0 Å². The Hall–Kier alpha value is -5.85. The van der Waals surface area contributed by atoms with Crippen LogP contribution in [0.1, 0.15) is 120 Å². The quantitative estimate of drug-likeness (QED) is 0.0673. The fraction of sp³-hybridized carbons (Fsp3) is 0.491. The molecule has 0 saturated carbocycles. The molecule has 0 aliphatic carbocycles. The maximum Gasteiger partial charge on any atom is 0.324 e. The van der Waals surface area contributed by atoms with Crippen LogP contribution in [0, 0.1) is 11.3 Å². The number of pyridine rings is 2. The van der Waals surface area contributed by atoms with Gasteiger partial charge in [0.1, 0.15) is 34.7 Å². The fourth-order valence-electron chi connectivity index (χ4n) is 10.2. The second kappa shape index (κ2) is 20.9. The van der Waals surface area contributed by atoms with Gasteiger partial charge >= 0.3 is 5.97 Å². The molecule has 6 heterocycles. The van der Waals surface area contributed by atoms with Gasteiger partial charge in [-0.1, -0.05) is 39.8 Å². The van der Waals surface area contributed by atoms with Crippen LogP contribution in [0.5, 0.6) is 5.75 Å². The van der Waals surface area contributed by atoms with Crippen molar-refractivity contribution in [2.24, 2.45) is 11.3 Å². The summed E-state index contributed by atoms with van der Waals surface area (Å²) < 4.78 is 28.6. The molecule has 17 heteroatoms. The highest BCUT2D eigenvalue weighted by Crippen LogP contribution is 2.43. The van der Waals surface area contributed by atoms with E-state index in [2.05, 4.69) is 59.3 Å². The third-order valence-corrected chi connectivity index (χ3v) is 15.9. The van der Waals surface area contributed by atoms with Gasteiger partial charge in [0.2, 0.25) is 5.91 Å². The summed E-state index contributed by atoms with van der Waals surface area (Å²) in [6.45, 7) is 19.3. The van der Waals surface area contributed by atoms with E-state index in [1.807, 2.05) is 64.0 Å². The molecule has 0 spiro atoms. The molecule has 0 radical (unpaired) electrons. The van der Waals surface area contributed by atoms with E-state index in [9.17, 15) is 28.8 Å². The first-order chi connectivity index (χ1) is 34.1. The van der Waals surface area contributed by atoms with Crippen molar-refractivity contribution < 1.29 is 38.3 Å². The van der Waals surface area contributed by atoms with E-state index in [0.717, 1.165) is 39.0 Å². The normalized spacial score (nSPS) is 21.7. The average molecular weight is 1000 g/mol. The number of carbonyl (C=O) groups excluding carboxylic acids is 4. The van der Waals surface area contributed by atoms with Crippen LogP contribution >= 0.6 is 0 Å². The minimum atomic E-state index is -1.20. The van der Waals surface area contributed by atoms with E-state index in [1.165, 1.54) is 16.1 Å². The van der Waals surface area contributed by atoms with Crippen molar-refractivity contribution in [3.63, 3.8) is 0 Å². The monoisotopic (exact) mass is 1000 g/mol. The largest absolute Gasteiger partial charge is 0.597 e. The number of phenols is 1. The number of hydrazine groups is 1. The predicted octanol–water partition coefficient (Wildman–Crippen LogP) is 7.46. The molecular formula is C55H70N8O8S. The standard InChI is InChI=1S/C55H70N8O8S/c1-12-61-45-20-18-35-27-40(45)41(49(61)39-15-13-21-56-47(39)33(4)70-11)28-55(8,9)31-71-53(68)43-16-14-22-62(59-43)52(67)44(25-34-23-37(35)26-38(64)24-34)58-50(65)48(32(2)3)60(10)51(66)36-17-19-42(57-29-36)46-30-63(46)72(69)54(5,6)7/h13,15,17-21,23-24,26-27,29,32-33,43-44,46,48,59,64H,12,14,16,22,25,28,30-31H2,1-11H3,(H,58,65)/t33-,43-,44-,46-,48-,63?,72-/m0/s1. The van der Waals surface area contributed by atoms with E-state index in [4.69, 9.17) is 14.5 Å². The summed E-state index contributed by atoms with van der Waals surface area (Å²) >= 11 is -1.20. The van der Waals surface area contributed by atoms with Gasteiger partial charge in [0, 0.05) is 79.3 Å². The van der Waals surface area contributed by atoms with Crippen molar-refractivity contribution in [3.05, 3.63) is 101 Å². The van der Waals surface area contributed by atoms with Crippen molar-refractivity contribution in [1.29, 1.82) is 0 Å². The number of methoxy groups -OCH3 is 1. The number of cyclic esters (lactones) is 1. The lowest BCUT2D eigenvalue weighted by Gasteiger charge is -2.36. The number of rotatable bonds is 11. The number of benzene rings is 2. The topological polar surface area (TPSA) is 194 Å². The summed E-state index contributed by atoms with van der Waals surface area (Å²) in [6, 6.07) is 15.8. The molecule has 8 rings (SSSR count).